The topological polar surface area (TPSA) is 3.24 Å². The van der Waals surface area contributed by atoms with Crippen molar-refractivity contribution in [2.45, 2.75) is 51.9 Å². The van der Waals surface area contributed by atoms with Crippen LogP contribution in [0.1, 0.15) is 51.0 Å². The molecule has 1 aromatic rings. The molecule has 0 amide bonds. The minimum Gasteiger partial charge on any atom is -0.303 e. The summed E-state index contributed by atoms with van der Waals surface area (Å²) in [4.78, 5) is 2.66. The molecule has 0 aliphatic heterocycles. The van der Waals surface area contributed by atoms with E-state index in [1.165, 1.54) is 70.1 Å². The second-order valence-electron chi connectivity index (χ2n) is 5.99. The van der Waals surface area contributed by atoms with Crippen LogP contribution >= 0.6 is 0 Å². The number of hydrogen-bond donors (Lipinski definition) is 0. The zero-order chi connectivity index (χ0) is 13.3. The molecule has 0 bridgehead atoms. The molecule has 0 aromatic heterocycles. The molecule has 0 radical (unpaired) electrons. The largest absolute Gasteiger partial charge is 0.303 e. The molecule has 1 aromatic carbocycles. The Morgan fingerprint density at radius 2 is 1.68 bits per heavy atom. The van der Waals surface area contributed by atoms with Crippen LogP contribution in [0.15, 0.2) is 30.3 Å². The van der Waals surface area contributed by atoms with Gasteiger partial charge < -0.3 is 4.90 Å². The Balaban J connectivity index is 1.76. The number of rotatable bonds is 6. The van der Waals surface area contributed by atoms with Gasteiger partial charge in [-0.1, -0.05) is 62.9 Å². The van der Waals surface area contributed by atoms with Gasteiger partial charge in [-0.05, 0) is 37.3 Å². The molecule has 1 aliphatic carbocycles. The van der Waals surface area contributed by atoms with Crippen LogP contribution in [-0.4, -0.2) is 24.5 Å². The van der Waals surface area contributed by atoms with Crippen LogP contribution in [0.5, 0.6) is 0 Å². The van der Waals surface area contributed by atoms with Gasteiger partial charge in [-0.3, -0.25) is 0 Å². The van der Waals surface area contributed by atoms with E-state index in [2.05, 4.69) is 42.2 Å². The van der Waals surface area contributed by atoms with E-state index in [0.29, 0.717) is 0 Å². The van der Waals surface area contributed by atoms with E-state index in [4.69, 9.17) is 0 Å². The summed E-state index contributed by atoms with van der Waals surface area (Å²) in [6, 6.07) is 10.9. The van der Waals surface area contributed by atoms with Crippen LogP contribution in [-0.2, 0) is 6.42 Å². The minimum atomic E-state index is 0.957. The third kappa shape index (κ3) is 5.36. The lowest BCUT2D eigenvalue weighted by Gasteiger charge is -2.25. The Bertz CT molecular complexity index is 325. The summed E-state index contributed by atoms with van der Waals surface area (Å²) >= 11 is 0. The van der Waals surface area contributed by atoms with Gasteiger partial charge in [0.1, 0.15) is 0 Å². The summed E-state index contributed by atoms with van der Waals surface area (Å²) in [5.41, 5.74) is 1.47. The second-order valence-corrected chi connectivity index (χ2v) is 5.99. The maximum absolute atomic E-state index is 2.66. The Labute approximate surface area is 119 Å². The predicted octanol–water partition coefficient (Wildman–Crippen LogP) is 4.52. The van der Waals surface area contributed by atoms with Crippen LogP contribution < -0.4 is 0 Å². The fourth-order valence-corrected chi connectivity index (χ4v) is 3.22. The summed E-state index contributed by atoms with van der Waals surface area (Å²) in [5.74, 6) is 0.957. The molecule has 106 valence electrons. The first-order valence-corrected chi connectivity index (χ1v) is 8.14. The molecule has 1 nitrogen and oxygen atoms in total. The number of benzene rings is 1. The van der Waals surface area contributed by atoms with Crippen molar-refractivity contribution in [3.05, 3.63) is 35.9 Å². The third-order valence-electron chi connectivity index (χ3n) is 4.50. The highest BCUT2D eigenvalue weighted by molar-refractivity contribution is 5.14. The summed E-state index contributed by atoms with van der Waals surface area (Å²) in [6.07, 6.45) is 9.96. The normalized spacial score (nSPS) is 17.6. The zero-order valence-electron chi connectivity index (χ0n) is 12.5. The molecule has 0 saturated heterocycles. The fourth-order valence-electron chi connectivity index (χ4n) is 3.22. The molecular weight excluding hydrogens is 230 g/mol. The molecule has 0 spiro atoms. The third-order valence-corrected chi connectivity index (χ3v) is 4.50. The first-order valence-electron chi connectivity index (χ1n) is 8.14. The maximum Gasteiger partial charge on any atom is 0.00218 e. The lowest BCUT2D eigenvalue weighted by atomic mass is 9.99. The van der Waals surface area contributed by atoms with E-state index in [9.17, 15) is 0 Å². The van der Waals surface area contributed by atoms with Crippen LogP contribution in [0, 0.1) is 5.92 Å². The smallest absolute Gasteiger partial charge is 0.00218 e. The van der Waals surface area contributed by atoms with Gasteiger partial charge in [0.2, 0.25) is 0 Å². The quantitative estimate of drug-likeness (QED) is 0.679. The van der Waals surface area contributed by atoms with Gasteiger partial charge in [0.25, 0.3) is 0 Å². The molecule has 1 saturated carbocycles. The van der Waals surface area contributed by atoms with Gasteiger partial charge in [0, 0.05) is 13.1 Å². The second kappa shape index (κ2) is 8.37. The van der Waals surface area contributed by atoms with Crippen molar-refractivity contribution in [2.75, 3.05) is 19.6 Å². The average molecular weight is 259 g/mol. The van der Waals surface area contributed by atoms with Gasteiger partial charge in [0.15, 0.2) is 0 Å². The SMILES string of the molecule is CCN(CCc1ccccc1)CC1CCCCCC1. The summed E-state index contributed by atoms with van der Waals surface area (Å²) in [5, 5.41) is 0. The van der Waals surface area contributed by atoms with Crippen molar-refractivity contribution in [1.82, 2.24) is 4.90 Å². The van der Waals surface area contributed by atoms with Crippen molar-refractivity contribution < 1.29 is 0 Å². The highest BCUT2D eigenvalue weighted by Gasteiger charge is 2.15. The predicted molar refractivity (Wildman–Crippen MR) is 83.5 cm³/mol. The average Bonchev–Trinajstić information content (AvgIpc) is 2.73. The molecule has 0 heterocycles. The highest BCUT2D eigenvalue weighted by Crippen LogP contribution is 2.23. The molecule has 0 N–H and O–H groups in total. The Hall–Kier alpha value is -0.820. The van der Waals surface area contributed by atoms with Crippen molar-refractivity contribution in [1.29, 1.82) is 0 Å². The molecule has 0 unspecified atom stereocenters. The molecule has 2 rings (SSSR count). The monoisotopic (exact) mass is 259 g/mol. The van der Waals surface area contributed by atoms with E-state index < -0.39 is 0 Å². The summed E-state index contributed by atoms with van der Waals surface area (Å²) < 4.78 is 0. The van der Waals surface area contributed by atoms with Crippen LogP contribution in [0.25, 0.3) is 0 Å². The highest BCUT2D eigenvalue weighted by atomic mass is 15.1. The van der Waals surface area contributed by atoms with Crippen LogP contribution in [0.4, 0.5) is 0 Å². The summed E-state index contributed by atoms with van der Waals surface area (Å²) in [6.45, 7) is 6.05. The number of hydrogen-bond acceptors (Lipinski definition) is 1. The summed E-state index contributed by atoms with van der Waals surface area (Å²) in [7, 11) is 0. The van der Waals surface area contributed by atoms with E-state index in [0.717, 1.165) is 5.92 Å². The Morgan fingerprint density at radius 3 is 2.32 bits per heavy atom. The van der Waals surface area contributed by atoms with E-state index >= 15 is 0 Å². The zero-order valence-corrected chi connectivity index (χ0v) is 12.5. The number of likely N-dealkylation sites (N-methyl/N-ethyl adjacent to an activating group) is 1. The maximum atomic E-state index is 2.66. The first-order chi connectivity index (χ1) is 9.38. The Kier molecular flexibility index (Phi) is 6.43. The van der Waals surface area contributed by atoms with Crippen molar-refractivity contribution >= 4 is 0 Å². The van der Waals surface area contributed by atoms with Gasteiger partial charge in [-0.2, -0.15) is 0 Å². The molecule has 1 aliphatic rings. The van der Waals surface area contributed by atoms with Gasteiger partial charge >= 0.3 is 0 Å². The Morgan fingerprint density at radius 1 is 1.00 bits per heavy atom. The first kappa shape index (κ1) is 14.6. The van der Waals surface area contributed by atoms with Gasteiger partial charge in [-0.25, -0.2) is 0 Å². The van der Waals surface area contributed by atoms with Crippen LogP contribution in [0.3, 0.4) is 0 Å². The van der Waals surface area contributed by atoms with E-state index in [1.807, 2.05) is 0 Å². The molecular formula is C18H29N. The van der Waals surface area contributed by atoms with E-state index in [-0.39, 0.29) is 0 Å². The van der Waals surface area contributed by atoms with Crippen LogP contribution in [0.2, 0.25) is 0 Å². The molecule has 1 heteroatoms. The lowest BCUT2D eigenvalue weighted by molar-refractivity contribution is 0.231. The molecule has 1 fully saturated rings. The fraction of sp³-hybridized carbons (Fsp3) is 0.667. The molecule has 19 heavy (non-hydrogen) atoms. The lowest BCUT2D eigenvalue weighted by Crippen LogP contribution is -2.31. The minimum absolute atomic E-state index is 0.957. The number of nitrogens with zero attached hydrogens (tertiary/aromatic N) is 1. The van der Waals surface area contributed by atoms with E-state index in [1.54, 1.807) is 0 Å². The standard InChI is InChI=1S/C18H29N/c1-2-19(15-14-17-10-8-5-9-11-17)16-18-12-6-3-4-7-13-18/h5,8-11,18H,2-4,6-7,12-16H2,1H3. The van der Waals surface area contributed by atoms with Crippen molar-refractivity contribution in [3.63, 3.8) is 0 Å². The van der Waals surface area contributed by atoms with Crippen molar-refractivity contribution in [2.24, 2.45) is 5.92 Å². The van der Waals surface area contributed by atoms with Gasteiger partial charge in [0.05, 0.1) is 0 Å². The van der Waals surface area contributed by atoms with Gasteiger partial charge in [-0.15, -0.1) is 0 Å². The molecule has 0 atom stereocenters. The van der Waals surface area contributed by atoms with Crippen molar-refractivity contribution in [3.8, 4) is 0 Å².